The standard InChI is InChI=1S/C23H27N3O3S/c1-14(2)26-23(28)21-20(17-5-3-4-6-19(17)30-21)16-9-7-15(8-10-16)13-24-22(27)18-11-12-25-29-18/h3-6,11-12,14-16H,7-10,13H2,1-2H3,(H,24,27)(H,26,28). The number of nitrogens with zero attached hydrogens (tertiary/aromatic N) is 1. The molecule has 1 aromatic carbocycles. The Kier molecular flexibility index (Phi) is 6.18. The van der Waals surface area contributed by atoms with E-state index < -0.39 is 0 Å². The first kappa shape index (κ1) is 20.6. The van der Waals surface area contributed by atoms with Crippen LogP contribution in [0.3, 0.4) is 0 Å². The number of thiophene rings is 1. The summed E-state index contributed by atoms with van der Waals surface area (Å²) >= 11 is 1.60. The lowest BCUT2D eigenvalue weighted by atomic mass is 9.77. The van der Waals surface area contributed by atoms with Gasteiger partial charge in [0.15, 0.2) is 0 Å². The summed E-state index contributed by atoms with van der Waals surface area (Å²) < 4.78 is 6.08. The van der Waals surface area contributed by atoms with Gasteiger partial charge in [-0.05, 0) is 68.4 Å². The molecule has 2 amide bonds. The second-order valence-electron chi connectivity index (χ2n) is 8.27. The summed E-state index contributed by atoms with van der Waals surface area (Å²) in [5.74, 6) is 0.865. The van der Waals surface area contributed by atoms with Crippen LogP contribution in [0.25, 0.3) is 10.1 Å². The van der Waals surface area contributed by atoms with E-state index in [1.54, 1.807) is 17.4 Å². The zero-order valence-electron chi connectivity index (χ0n) is 17.3. The summed E-state index contributed by atoms with van der Waals surface area (Å²) in [5, 5.41) is 10.8. The third-order valence-corrected chi connectivity index (χ3v) is 6.91. The van der Waals surface area contributed by atoms with E-state index >= 15 is 0 Å². The molecule has 0 bridgehead atoms. The van der Waals surface area contributed by atoms with Crippen molar-refractivity contribution in [1.82, 2.24) is 15.8 Å². The summed E-state index contributed by atoms with van der Waals surface area (Å²) in [4.78, 5) is 25.8. The van der Waals surface area contributed by atoms with Gasteiger partial charge in [0, 0.05) is 23.4 Å². The van der Waals surface area contributed by atoms with Gasteiger partial charge in [-0.2, -0.15) is 0 Å². The van der Waals surface area contributed by atoms with Gasteiger partial charge in [0.2, 0.25) is 5.76 Å². The summed E-state index contributed by atoms with van der Waals surface area (Å²) in [5.41, 5.74) is 1.21. The van der Waals surface area contributed by atoms with Crippen molar-refractivity contribution in [3.63, 3.8) is 0 Å². The minimum atomic E-state index is -0.217. The molecular weight excluding hydrogens is 398 g/mol. The van der Waals surface area contributed by atoms with Crippen LogP contribution in [0.15, 0.2) is 41.1 Å². The number of aromatic nitrogens is 1. The highest BCUT2D eigenvalue weighted by molar-refractivity contribution is 7.21. The zero-order chi connectivity index (χ0) is 21.1. The molecule has 2 heterocycles. The van der Waals surface area contributed by atoms with Gasteiger partial charge in [0.25, 0.3) is 11.8 Å². The number of carbonyl (C=O) groups excluding carboxylic acids is 2. The normalized spacial score (nSPS) is 19.2. The molecule has 2 N–H and O–H groups in total. The van der Waals surface area contributed by atoms with E-state index in [-0.39, 0.29) is 23.6 Å². The molecule has 6 nitrogen and oxygen atoms in total. The molecule has 0 unspecified atom stereocenters. The van der Waals surface area contributed by atoms with Gasteiger partial charge in [-0.15, -0.1) is 11.3 Å². The summed E-state index contributed by atoms with van der Waals surface area (Å²) in [6.45, 7) is 4.61. The van der Waals surface area contributed by atoms with Gasteiger partial charge < -0.3 is 15.2 Å². The topological polar surface area (TPSA) is 84.2 Å². The highest BCUT2D eigenvalue weighted by atomic mass is 32.1. The Labute approximate surface area is 180 Å². The molecule has 3 aromatic rings. The number of rotatable bonds is 6. The van der Waals surface area contributed by atoms with Crippen molar-refractivity contribution < 1.29 is 14.1 Å². The molecule has 0 spiro atoms. The van der Waals surface area contributed by atoms with Crippen LogP contribution in [-0.4, -0.2) is 29.6 Å². The van der Waals surface area contributed by atoms with E-state index in [1.165, 1.54) is 21.8 Å². The Hall–Kier alpha value is -2.67. The molecule has 1 aliphatic rings. The molecule has 0 saturated heterocycles. The lowest BCUT2D eigenvalue weighted by molar-refractivity contribution is 0.0903. The molecule has 30 heavy (non-hydrogen) atoms. The number of nitrogens with one attached hydrogen (secondary N) is 2. The van der Waals surface area contributed by atoms with Gasteiger partial charge in [-0.25, -0.2) is 0 Å². The zero-order valence-corrected chi connectivity index (χ0v) is 18.1. The molecule has 1 fully saturated rings. The van der Waals surface area contributed by atoms with Gasteiger partial charge in [-0.1, -0.05) is 23.4 Å². The number of hydrogen-bond acceptors (Lipinski definition) is 5. The van der Waals surface area contributed by atoms with Crippen molar-refractivity contribution >= 4 is 33.2 Å². The predicted octanol–water partition coefficient (Wildman–Crippen LogP) is 4.73. The SMILES string of the molecule is CC(C)NC(=O)c1sc2ccccc2c1C1CCC(CNC(=O)c2ccno2)CC1. The molecule has 7 heteroatoms. The molecule has 1 aliphatic carbocycles. The monoisotopic (exact) mass is 425 g/mol. The van der Waals surface area contributed by atoms with Crippen molar-refractivity contribution in [2.24, 2.45) is 5.92 Å². The number of fused-ring (bicyclic) bond motifs is 1. The third-order valence-electron chi connectivity index (χ3n) is 5.73. The lowest BCUT2D eigenvalue weighted by Gasteiger charge is -2.29. The molecule has 158 valence electrons. The quantitative estimate of drug-likeness (QED) is 0.598. The average Bonchev–Trinajstić information content (AvgIpc) is 3.40. The van der Waals surface area contributed by atoms with E-state index in [2.05, 4.69) is 27.9 Å². The van der Waals surface area contributed by atoms with Crippen molar-refractivity contribution in [2.45, 2.75) is 51.5 Å². The number of benzene rings is 1. The first-order valence-corrected chi connectivity index (χ1v) is 11.4. The van der Waals surface area contributed by atoms with Gasteiger partial charge in [0.05, 0.1) is 11.1 Å². The Balaban J connectivity index is 1.45. The summed E-state index contributed by atoms with van der Waals surface area (Å²) in [6.07, 6.45) is 5.56. The smallest absolute Gasteiger partial charge is 0.289 e. The van der Waals surface area contributed by atoms with Crippen LogP contribution < -0.4 is 10.6 Å². The van der Waals surface area contributed by atoms with E-state index in [0.29, 0.717) is 18.4 Å². The maximum absolute atomic E-state index is 12.9. The van der Waals surface area contributed by atoms with Crippen LogP contribution in [-0.2, 0) is 0 Å². The van der Waals surface area contributed by atoms with Crippen LogP contribution in [0.1, 0.15) is 71.2 Å². The van der Waals surface area contributed by atoms with Gasteiger partial charge in [-0.3, -0.25) is 9.59 Å². The first-order chi connectivity index (χ1) is 14.5. The largest absolute Gasteiger partial charge is 0.351 e. The number of hydrogen-bond donors (Lipinski definition) is 2. The second kappa shape index (κ2) is 9.00. The van der Waals surface area contributed by atoms with Crippen LogP contribution in [0.2, 0.25) is 0 Å². The van der Waals surface area contributed by atoms with E-state index in [0.717, 1.165) is 30.6 Å². The second-order valence-corrected chi connectivity index (χ2v) is 9.33. The highest BCUT2D eigenvalue weighted by Crippen LogP contribution is 2.43. The summed E-state index contributed by atoms with van der Waals surface area (Å²) in [7, 11) is 0. The minimum absolute atomic E-state index is 0.0302. The van der Waals surface area contributed by atoms with Crippen molar-refractivity contribution in [2.75, 3.05) is 6.54 Å². The Morgan fingerprint density at radius 1 is 1.13 bits per heavy atom. The van der Waals surface area contributed by atoms with Crippen molar-refractivity contribution in [3.05, 3.63) is 52.7 Å². The summed E-state index contributed by atoms with van der Waals surface area (Å²) in [6, 6.07) is 9.99. The van der Waals surface area contributed by atoms with E-state index in [4.69, 9.17) is 4.52 Å². The van der Waals surface area contributed by atoms with Crippen molar-refractivity contribution in [3.8, 4) is 0 Å². The lowest BCUT2D eigenvalue weighted by Crippen LogP contribution is -2.32. The van der Waals surface area contributed by atoms with Crippen LogP contribution in [0.4, 0.5) is 0 Å². The molecule has 1 saturated carbocycles. The Morgan fingerprint density at radius 2 is 1.90 bits per heavy atom. The fraction of sp³-hybridized carbons (Fsp3) is 0.435. The van der Waals surface area contributed by atoms with Crippen LogP contribution in [0, 0.1) is 5.92 Å². The molecular formula is C23H27N3O3S. The van der Waals surface area contributed by atoms with Gasteiger partial charge in [0.1, 0.15) is 0 Å². The molecule has 2 aromatic heterocycles. The van der Waals surface area contributed by atoms with E-state index in [1.807, 2.05) is 26.0 Å². The van der Waals surface area contributed by atoms with Gasteiger partial charge >= 0.3 is 0 Å². The fourth-order valence-electron chi connectivity index (χ4n) is 4.28. The minimum Gasteiger partial charge on any atom is -0.351 e. The Morgan fingerprint density at radius 3 is 2.60 bits per heavy atom. The Bertz CT molecular complexity index is 1020. The molecule has 0 aliphatic heterocycles. The fourth-order valence-corrected chi connectivity index (χ4v) is 5.47. The molecule has 0 atom stereocenters. The van der Waals surface area contributed by atoms with Crippen molar-refractivity contribution in [1.29, 1.82) is 0 Å². The predicted molar refractivity (Wildman–Crippen MR) is 118 cm³/mol. The first-order valence-electron chi connectivity index (χ1n) is 10.5. The highest BCUT2D eigenvalue weighted by Gasteiger charge is 2.29. The van der Waals surface area contributed by atoms with E-state index in [9.17, 15) is 9.59 Å². The maximum atomic E-state index is 12.9. The number of carbonyl (C=O) groups is 2. The molecule has 0 radical (unpaired) electrons. The van der Waals surface area contributed by atoms with Crippen LogP contribution in [0.5, 0.6) is 0 Å². The maximum Gasteiger partial charge on any atom is 0.289 e. The average molecular weight is 426 g/mol. The molecule has 4 rings (SSSR count). The third kappa shape index (κ3) is 4.41. The number of amides is 2. The van der Waals surface area contributed by atoms with Crippen LogP contribution >= 0.6 is 11.3 Å².